The van der Waals surface area contributed by atoms with E-state index in [1.807, 2.05) is 20.8 Å². The first-order valence-corrected chi connectivity index (χ1v) is 7.40. The predicted molar refractivity (Wildman–Crippen MR) is 83.9 cm³/mol. The van der Waals surface area contributed by atoms with Crippen LogP contribution in [0.25, 0.3) is 5.65 Å². The number of hydrogen-bond donors (Lipinski definition) is 0. The number of esters is 1. The lowest BCUT2D eigenvalue weighted by Gasteiger charge is -2.10. The van der Waals surface area contributed by atoms with Crippen molar-refractivity contribution in [2.75, 3.05) is 7.11 Å². The fourth-order valence-electron chi connectivity index (χ4n) is 2.11. The van der Waals surface area contributed by atoms with E-state index >= 15 is 0 Å². The Morgan fingerprint density at radius 1 is 1.33 bits per heavy atom. The molecule has 0 aliphatic rings. The lowest BCUT2D eigenvalue weighted by Crippen LogP contribution is -2.13. The second kappa shape index (κ2) is 5.95. The number of fused-ring (bicyclic) bond motifs is 1. The summed E-state index contributed by atoms with van der Waals surface area (Å²) in [7, 11) is 1.33. The summed E-state index contributed by atoms with van der Waals surface area (Å²) < 4.78 is 17.1. The van der Waals surface area contributed by atoms with Gasteiger partial charge in [0, 0.05) is 17.8 Å². The molecule has 0 saturated heterocycles. The second-order valence-electron chi connectivity index (χ2n) is 6.30. The highest BCUT2D eigenvalue weighted by Crippen LogP contribution is 2.21. The molecule has 0 spiro atoms. The van der Waals surface area contributed by atoms with Crippen molar-refractivity contribution >= 4 is 11.6 Å². The molecule has 0 radical (unpaired) electrons. The molecule has 0 amide bonds. The summed E-state index contributed by atoms with van der Waals surface area (Å²) in [5.41, 5.74) is 1.30. The van der Waals surface area contributed by atoms with E-state index in [-0.39, 0.29) is 18.1 Å². The Morgan fingerprint density at radius 3 is 2.79 bits per heavy atom. The van der Waals surface area contributed by atoms with Gasteiger partial charge in [-0.15, -0.1) is 0 Å². The van der Waals surface area contributed by atoms with Crippen molar-refractivity contribution in [3.8, 4) is 6.08 Å². The molecule has 126 valence electrons. The molecule has 3 rings (SSSR count). The van der Waals surface area contributed by atoms with Crippen molar-refractivity contribution in [3.05, 3.63) is 41.6 Å². The highest BCUT2D eigenvalue weighted by molar-refractivity contribution is 5.95. The molecule has 0 bridgehead atoms. The number of imidazole rings is 1. The molecule has 3 aromatic rings. The number of rotatable bonds is 4. The zero-order valence-corrected chi connectivity index (χ0v) is 13.9. The van der Waals surface area contributed by atoms with Crippen LogP contribution in [0.15, 0.2) is 29.0 Å². The topological polar surface area (TPSA) is 91.8 Å². The van der Waals surface area contributed by atoms with Gasteiger partial charge < -0.3 is 13.9 Å². The lowest BCUT2D eigenvalue weighted by molar-refractivity contribution is 0.0602. The third-order valence-corrected chi connectivity index (χ3v) is 3.36. The van der Waals surface area contributed by atoms with E-state index in [2.05, 4.69) is 15.1 Å². The molecule has 0 aliphatic carbocycles. The van der Waals surface area contributed by atoms with Crippen molar-refractivity contribution in [2.45, 2.75) is 32.8 Å². The minimum absolute atomic E-state index is 0.0881. The molecule has 3 aromatic heterocycles. The second-order valence-corrected chi connectivity index (χ2v) is 6.30. The Labute approximate surface area is 138 Å². The molecule has 0 aliphatic heterocycles. The number of aromatic nitrogens is 4. The number of hydrogen-bond acceptors (Lipinski definition) is 7. The number of methoxy groups -OCH3 is 1. The van der Waals surface area contributed by atoms with E-state index in [1.165, 1.54) is 7.11 Å². The fourth-order valence-corrected chi connectivity index (χ4v) is 2.11. The van der Waals surface area contributed by atoms with Crippen LogP contribution in [-0.4, -0.2) is 32.6 Å². The van der Waals surface area contributed by atoms with Crippen molar-refractivity contribution in [1.29, 1.82) is 0 Å². The quantitative estimate of drug-likeness (QED) is 0.678. The average molecular weight is 330 g/mol. The van der Waals surface area contributed by atoms with Crippen LogP contribution in [0.4, 0.5) is 0 Å². The predicted octanol–water partition coefficient (Wildman–Crippen LogP) is 2.38. The van der Waals surface area contributed by atoms with Gasteiger partial charge in [0.1, 0.15) is 12.2 Å². The normalized spacial score (nSPS) is 11.7. The van der Waals surface area contributed by atoms with Crippen molar-refractivity contribution in [3.63, 3.8) is 0 Å². The van der Waals surface area contributed by atoms with Crippen molar-refractivity contribution in [1.82, 2.24) is 19.5 Å². The van der Waals surface area contributed by atoms with Gasteiger partial charge in [0.2, 0.25) is 0 Å². The van der Waals surface area contributed by atoms with Gasteiger partial charge in [0.25, 0.3) is 0 Å². The summed E-state index contributed by atoms with van der Waals surface area (Å²) in [4.78, 5) is 20.4. The monoisotopic (exact) mass is 330 g/mol. The Hall–Kier alpha value is -2.90. The summed E-state index contributed by atoms with van der Waals surface area (Å²) in [6.45, 7) is 6.10. The summed E-state index contributed by atoms with van der Waals surface area (Å²) >= 11 is 0. The molecule has 0 saturated carbocycles. The maximum atomic E-state index is 11.8. The smallest absolute Gasteiger partial charge is 0.417 e. The Kier molecular flexibility index (Phi) is 3.96. The maximum absolute atomic E-state index is 11.8. The van der Waals surface area contributed by atoms with E-state index in [9.17, 15) is 4.79 Å². The number of carbonyl (C=O) groups is 1. The largest absolute Gasteiger partial charge is 0.465 e. The standard InChI is InChI=1S/C16H18N4O4/c1-16(2,3)14-18-15(24-19-14)23-9-10-8-20-7-5-6-11(12(20)17-10)13(21)22-4/h5-8H,9H2,1-4H3. The van der Waals surface area contributed by atoms with Crippen LogP contribution in [-0.2, 0) is 16.8 Å². The average Bonchev–Trinajstić information content (AvgIpc) is 3.17. The zero-order chi connectivity index (χ0) is 17.3. The lowest BCUT2D eigenvalue weighted by atomic mass is 9.96. The first-order chi connectivity index (χ1) is 11.4. The Bertz CT molecular complexity index is 876. The summed E-state index contributed by atoms with van der Waals surface area (Å²) in [5.74, 6) is 0.130. The maximum Gasteiger partial charge on any atom is 0.417 e. The molecule has 0 N–H and O–H groups in total. The highest BCUT2D eigenvalue weighted by atomic mass is 16.6. The van der Waals surface area contributed by atoms with Gasteiger partial charge in [-0.2, -0.15) is 4.98 Å². The fraction of sp³-hybridized carbons (Fsp3) is 0.375. The SMILES string of the molecule is COC(=O)c1cccn2cc(COc3nc(C(C)(C)C)no3)nc12. The van der Waals surface area contributed by atoms with Gasteiger partial charge in [-0.05, 0) is 12.1 Å². The molecule has 0 aromatic carbocycles. The van der Waals surface area contributed by atoms with Crippen molar-refractivity contribution < 1.29 is 18.8 Å². The van der Waals surface area contributed by atoms with Crippen LogP contribution in [0.5, 0.6) is 6.08 Å². The molecule has 0 fully saturated rings. The summed E-state index contributed by atoms with van der Waals surface area (Å²) in [5, 5.41) is 3.89. The van der Waals surface area contributed by atoms with E-state index < -0.39 is 5.97 Å². The highest BCUT2D eigenvalue weighted by Gasteiger charge is 2.21. The number of nitrogens with zero attached hydrogens (tertiary/aromatic N) is 4. The molecule has 8 nitrogen and oxygen atoms in total. The van der Waals surface area contributed by atoms with E-state index in [1.54, 1.807) is 28.9 Å². The molecule has 8 heteroatoms. The third kappa shape index (κ3) is 3.08. The van der Waals surface area contributed by atoms with Crippen LogP contribution < -0.4 is 4.74 Å². The Balaban J connectivity index is 1.79. The third-order valence-electron chi connectivity index (χ3n) is 3.36. The van der Waals surface area contributed by atoms with E-state index in [4.69, 9.17) is 14.0 Å². The van der Waals surface area contributed by atoms with E-state index in [0.717, 1.165) is 0 Å². The molecule has 0 atom stereocenters. The van der Waals surface area contributed by atoms with Gasteiger partial charge in [0.05, 0.1) is 12.8 Å². The van der Waals surface area contributed by atoms with E-state index in [0.29, 0.717) is 22.7 Å². The molecule has 3 heterocycles. The summed E-state index contributed by atoms with van der Waals surface area (Å²) in [6, 6.07) is 3.41. The Morgan fingerprint density at radius 2 is 2.12 bits per heavy atom. The van der Waals surface area contributed by atoms with Gasteiger partial charge >= 0.3 is 12.0 Å². The molecular formula is C16H18N4O4. The molecular weight excluding hydrogens is 312 g/mol. The molecule has 24 heavy (non-hydrogen) atoms. The van der Waals surface area contributed by atoms with Crippen LogP contribution in [0.1, 0.15) is 42.6 Å². The van der Waals surface area contributed by atoms with Crippen LogP contribution >= 0.6 is 0 Å². The molecule has 0 unspecified atom stereocenters. The van der Waals surface area contributed by atoms with Gasteiger partial charge in [0.15, 0.2) is 11.5 Å². The first-order valence-electron chi connectivity index (χ1n) is 7.40. The number of carbonyl (C=O) groups excluding carboxylic acids is 1. The number of ether oxygens (including phenoxy) is 2. The van der Waals surface area contributed by atoms with Crippen molar-refractivity contribution in [2.24, 2.45) is 0 Å². The first kappa shape index (κ1) is 16.0. The van der Waals surface area contributed by atoms with Crippen LogP contribution in [0, 0.1) is 0 Å². The van der Waals surface area contributed by atoms with Crippen LogP contribution in [0.2, 0.25) is 0 Å². The zero-order valence-electron chi connectivity index (χ0n) is 13.9. The van der Waals surface area contributed by atoms with Gasteiger partial charge in [-0.3, -0.25) is 4.52 Å². The number of pyridine rings is 1. The summed E-state index contributed by atoms with van der Waals surface area (Å²) in [6.07, 6.45) is 3.65. The van der Waals surface area contributed by atoms with Gasteiger partial charge in [-0.25, -0.2) is 9.78 Å². The minimum atomic E-state index is -0.439. The van der Waals surface area contributed by atoms with Crippen LogP contribution in [0.3, 0.4) is 0 Å². The minimum Gasteiger partial charge on any atom is -0.465 e. The van der Waals surface area contributed by atoms with Gasteiger partial charge in [-0.1, -0.05) is 25.9 Å².